The molecule has 1 saturated heterocycles. The molecule has 2 N–H and O–H groups in total. The fourth-order valence-corrected chi connectivity index (χ4v) is 1.91. The van der Waals surface area contributed by atoms with E-state index in [0.29, 0.717) is 5.82 Å². The summed E-state index contributed by atoms with van der Waals surface area (Å²) in [5.41, 5.74) is -0.188. The molecule has 82 valence electrons. The number of anilines is 1. The molecule has 1 aromatic rings. The highest BCUT2D eigenvalue weighted by Crippen LogP contribution is 2.19. The van der Waals surface area contributed by atoms with E-state index < -0.39 is 0 Å². The van der Waals surface area contributed by atoms with Crippen molar-refractivity contribution < 1.29 is 0 Å². The summed E-state index contributed by atoms with van der Waals surface area (Å²) in [7, 11) is 0. The van der Waals surface area contributed by atoms with Gasteiger partial charge in [0.1, 0.15) is 0 Å². The highest BCUT2D eigenvalue weighted by molar-refractivity contribution is 5.40. The van der Waals surface area contributed by atoms with Crippen LogP contribution in [0.3, 0.4) is 0 Å². The molecule has 1 aromatic heterocycles. The standard InChI is InChI=1S/C10H16N4O/c1-10(2)7-11-5-6-14(10)8-9(15)13-4-3-12-8/h3-4,11H,5-7H2,1-2H3,(H,13,15). The van der Waals surface area contributed by atoms with E-state index in [1.807, 2.05) is 0 Å². The normalized spacial score (nSPS) is 20.3. The first kappa shape index (κ1) is 10.2. The number of piperazine rings is 1. The monoisotopic (exact) mass is 208 g/mol. The summed E-state index contributed by atoms with van der Waals surface area (Å²) in [6.45, 7) is 6.77. The predicted octanol–water partition coefficient (Wildman–Crippen LogP) is -0.0419. The molecule has 2 heterocycles. The van der Waals surface area contributed by atoms with Crippen LogP contribution in [-0.4, -0.2) is 35.1 Å². The first-order chi connectivity index (χ1) is 7.11. The minimum absolute atomic E-state index is 0.0698. The first-order valence-corrected chi connectivity index (χ1v) is 5.13. The van der Waals surface area contributed by atoms with Crippen LogP contribution < -0.4 is 15.8 Å². The number of rotatable bonds is 1. The van der Waals surface area contributed by atoms with Gasteiger partial charge in [0.15, 0.2) is 5.82 Å². The lowest BCUT2D eigenvalue weighted by Crippen LogP contribution is -2.59. The van der Waals surface area contributed by atoms with Crippen molar-refractivity contribution >= 4 is 5.82 Å². The van der Waals surface area contributed by atoms with Crippen molar-refractivity contribution in [3.8, 4) is 0 Å². The maximum absolute atomic E-state index is 11.6. The summed E-state index contributed by atoms with van der Waals surface area (Å²) in [6.07, 6.45) is 3.18. The van der Waals surface area contributed by atoms with Gasteiger partial charge in [0.2, 0.25) is 0 Å². The summed E-state index contributed by atoms with van der Waals surface area (Å²) in [4.78, 5) is 20.5. The smallest absolute Gasteiger partial charge is 0.290 e. The second-order valence-corrected chi connectivity index (χ2v) is 4.38. The van der Waals surface area contributed by atoms with E-state index in [1.165, 1.54) is 0 Å². The molecule has 0 bridgehead atoms. The van der Waals surface area contributed by atoms with Crippen LogP contribution in [-0.2, 0) is 0 Å². The maximum atomic E-state index is 11.6. The van der Waals surface area contributed by atoms with E-state index in [9.17, 15) is 4.79 Å². The van der Waals surface area contributed by atoms with Gasteiger partial charge >= 0.3 is 0 Å². The number of nitrogens with zero attached hydrogens (tertiary/aromatic N) is 2. The number of hydrogen-bond donors (Lipinski definition) is 2. The molecule has 0 aromatic carbocycles. The van der Waals surface area contributed by atoms with Gasteiger partial charge in [-0.05, 0) is 13.8 Å². The summed E-state index contributed by atoms with van der Waals surface area (Å²) in [5.74, 6) is 0.518. The van der Waals surface area contributed by atoms with E-state index in [1.54, 1.807) is 12.4 Å². The van der Waals surface area contributed by atoms with Gasteiger partial charge in [-0.2, -0.15) is 0 Å². The molecule has 0 saturated carbocycles. The average Bonchev–Trinajstić information content (AvgIpc) is 2.19. The Balaban J connectivity index is 2.37. The molecule has 0 radical (unpaired) electrons. The Morgan fingerprint density at radius 3 is 3.00 bits per heavy atom. The SMILES string of the molecule is CC1(C)CNCCN1c1ncc[nH]c1=O. The summed E-state index contributed by atoms with van der Waals surface area (Å²) < 4.78 is 0. The van der Waals surface area contributed by atoms with Gasteiger partial charge < -0.3 is 15.2 Å². The first-order valence-electron chi connectivity index (χ1n) is 5.13. The van der Waals surface area contributed by atoms with E-state index in [-0.39, 0.29) is 11.1 Å². The fourth-order valence-electron chi connectivity index (χ4n) is 1.91. The number of nitrogens with one attached hydrogen (secondary N) is 2. The van der Waals surface area contributed by atoms with Crippen molar-refractivity contribution in [2.45, 2.75) is 19.4 Å². The van der Waals surface area contributed by atoms with Crippen molar-refractivity contribution in [2.24, 2.45) is 0 Å². The Kier molecular flexibility index (Phi) is 2.48. The van der Waals surface area contributed by atoms with Crippen LogP contribution in [0, 0.1) is 0 Å². The second kappa shape index (κ2) is 3.66. The van der Waals surface area contributed by atoms with Gasteiger partial charge in [-0.3, -0.25) is 4.79 Å². The molecular weight excluding hydrogens is 192 g/mol. The third-order valence-electron chi connectivity index (χ3n) is 2.75. The second-order valence-electron chi connectivity index (χ2n) is 4.38. The van der Waals surface area contributed by atoms with Crippen LogP contribution in [0.5, 0.6) is 0 Å². The van der Waals surface area contributed by atoms with Crippen LogP contribution in [0.2, 0.25) is 0 Å². The third-order valence-corrected chi connectivity index (χ3v) is 2.75. The van der Waals surface area contributed by atoms with Crippen LogP contribution in [0.15, 0.2) is 17.2 Å². The zero-order valence-electron chi connectivity index (χ0n) is 9.08. The molecule has 0 amide bonds. The highest BCUT2D eigenvalue weighted by atomic mass is 16.1. The average molecular weight is 208 g/mol. The molecule has 5 nitrogen and oxygen atoms in total. The third kappa shape index (κ3) is 1.87. The lowest BCUT2D eigenvalue weighted by atomic mass is 10.0. The predicted molar refractivity (Wildman–Crippen MR) is 59.2 cm³/mol. The van der Waals surface area contributed by atoms with E-state index >= 15 is 0 Å². The maximum Gasteiger partial charge on any atom is 0.290 e. The quantitative estimate of drug-likeness (QED) is 0.679. The molecular formula is C10H16N4O. The minimum atomic E-state index is -0.118. The molecule has 5 heteroatoms. The number of aromatic nitrogens is 2. The molecule has 1 aliphatic heterocycles. The molecule has 0 spiro atoms. The van der Waals surface area contributed by atoms with Gasteiger partial charge in [0, 0.05) is 37.6 Å². The summed E-state index contributed by atoms with van der Waals surface area (Å²) >= 11 is 0. The van der Waals surface area contributed by atoms with Crippen LogP contribution >= 0.6 is 0 Å². The van der Waals surface area contributed by atoms with Gasteiger partial charge in [-0.15, -0.1) is 0 Å². The number of aromatic amines is 1. The molecule has 0 aliphatic carbocycles. The molecule has 1 fully saturated rings. The largest absolute Gasteiger partial charge is 0.344 e. The Hall–Kier alpha value is -1.36. The van der Waals surface area contributed by atoms with E-state index in [2.05, 4.69) is 34.0 Å². The Morgan fingerprint density at radius 2 is 2.33 bits per heavy atom. The Morgan fingerprint density at radius 1 is 1.53 bits per heavy atom. The molecule has 0 atom stereocenters. The lowest BCUT2D eigenvalue weighted by molar-refractivity contribution is 0.376. The van der Waals surface area contributed by atoms with Gasteiger partial charge in [-0.25, -0.2) is 4.98 Å². The van der Waals surface area contributed by atoms with E-state index in [4.69, 9.17) is 0 Å². The summed E-state index contributed by atoms with van der Waals surface area (Å²) in [5, 5.41) is 3.31. The number of H-pyrrole nitrogens is 1. The molecule has 15 heavy (non-hydrogen) atoms. The van der Waals surface area contributed by atoms with Crippen LogP contribution in [0.4, 0.5) is 5.82 Å². The van der Waals surface area contributed by atoms with Crippen molar-refractivity contribution in [3.05, 3.63) is 22.7 Å². The van der Waals surface area contributed by atoms with Crippen molar-refractivity contribution in [1.29, 1.82) is 0 Å². The molecule has 0 unspecified atom stereocenters. The van der Waals surface area contributed by atoms with Crippen molar-refractivity contribution in [3.63, 3.8) is 0 Å². The van der Waals surface area contributed by atoms with E-state index in [0.717, 1.165) is 19.6 Å². The zero-order chi connectivity index (χ0) is 10.9. The van der Waals surface area contributed by atoms with Gasteiger partial charge in [0.05, 0.1) is 0 Å². The number of hydrogen-bond acceptors (Lipinski definition) is 4. The van der Waals surface area contributed by atoms with Crippen molar-refractivity contribution in [2.75, 3.05) is 24.5 Å². The van der Waals surface area contributed by atoms with Crippen molar-refractivity contribution in [1.82, 2.24) is 15.3 Å². The Labute approximate surface area is 88.5 Å². The molecule has 1 aliphatic rings. The lowest BCUT2D eigenvalue weighted by Gasteiger charge is -2.43. The van der Waals surface area contributed by atoms with Crippen LogP contribution in [0.1, 0.15) is 13.8 Å². The Bertz CT molecular complexity index is 398. The zero-order valence-corrected chi connectivity index (χ0v) is 9.08. The fraction of sp³-hybridized carbons (Fsp3) is 0.600. The highest BCUT2D eigenvalue weighted by Gasteiger charge is 2.31. The summed E-state index contributed by atoms with van der Waals surface area (Å²) in [6, 6.07) is 0. The van der Waals surface area contributed by atoms with Crippen LogP contribution in [0.25, 0.3) is 0 Å². The van der Waals surface area contributed by atoms with Gasteiger partial charge in [-0.1, -0.05) is 0 Å². The minimum Gasteiger partial charge on any atom is -0.344 e. The molecule has 2 rings (SSSR count). The van der Waals surface area contributed by atoms with Gasteiger partial charge in [0.25, 0.3) is 5.56 Å². The topological polar surface area (TPSA) is 61.0 Å².